The SMILES string of the molecule is CC(C)O[C@@H]1CN2CCC1CC2. The molecule has 0 amide bonds. The molecule has 0 aromatic heterocycles. The molecule has 0 aromatic rings. The van der Waals surface area contributed by atoms with Gasteiger partial charge in [0.1, 0.15) is 0 Å². The largest absolute Gasteiger partial charge is 0.374 e. The highest BCUT2D eigenvalue weighted by Gasteiger charge is 2.34. The molecule has 2 bridgehead atoms. The van der Waals surface area contributed by atoms with E-state index in [1.165, 1.54) is 32.5 Å². The van der Waals surface area contributed by atoms with Gasteiger partial charge in [-0.2, -0.15) is 0 Å². The fourth-order valence-corrected chi connectivity index (χ4v) is 2.41. The van der Waals surface area contributed by atoms with E-state index in [-0.39, 0.29) is 0 Å². The number of hydrogen-bond donors (Lipinski definition) is 0. The summed E-state index contributed by atoms with van der Waals surface area (Å²) in [6, 6.07) is 0. The van der Waals surface area contributed by atoms with Crippen molar-refractivity contribution in [3.8, 4) is 0 Å². The molecule has 0 spiro atoms. The van der Waals surface area contributed by atoms with Crippen molar-refractivity contribution in [1.82, 2.24) is 4.90 Å². The number of nitrogens with zero attached hydrogens (tertiary/aromatic N) is 1. The maximum Gasteiger partial charge on any atom is 0.0734 e. The highest BCUT2D eigenvalue weighted by molar-refractivity contribution is 4.87. The average molecular weight is 169 g/mol. The van der Waals surface area contributed by atoms with E-state index in [1.807, 2.05) is 0 Å². The van der Waals surface area contributed by atoms with Gasteiger partial charge in [-0.05, 0) is 45.7 Å². The molecule has 1 atom stereocenters. The number of hydrogen-bond acceptors (Lipinski definition) is 2. The van der Waals surface area contributed by atoms with Crippen LogP contribution in [0.4, 0.5) is 0 Å². The zero-order valence-corrected chi connectivity index (χ0v) is 8.12. The van der Waals surface area contributed by atoms with Crippen LogP contribution in [0.2, 0.25) is 0 Å². The van der Waals surface area contributed by atoms with Gasteiger partial charge in [0, 0.05) is 6.54 Å². The molecule has 70 valence electrons. The molecule has 0 unspecified atom stereocenters. The number of ether oxygens (including phenoxy) is 1. The van der Waals surface area contributed by atoms with Crippen LogP contribution in [0.1, 0.15) is 26.7 Å². The second-order valence-corrected chi connectivity index (χ2v) is 4.36. The van der Waals surface area contributed by atoms with E-state index in [1.54, 1.807) is 0 Å². The lowest BCUT2D eigenvalue weighted by Gasteiger charge is -2.45. The Kier molecular flexibility index (Phi) is 2.37. The molecule has 3 aliphatic rings. The highest BCUT2D eigenvalue weighted by atomic mass is 16.5. The van der Waals surface area contributed by atoms with Gasteiger partial charge < -0.3 is 9.64 Å². The summed E-state index contributed by atoms with van der Waals surface area (Å²) in [7, 11) is 0. The lowest BCUT2D eigenvalue weighted by Crippen LogP contribution is -2.51. The fourth-order valence-electron chi connectivity index (χ4n) is 2.41. The Bertz CT molecular complexity index is 148. The maximum absolute atomic E-state index is 5.88. The van der Waals surface area contributed by atoms with Crippen LogP contribution in [0.15, 0.2) is 0 Å². The predicted octanol–water partition coefficient (Wildman–Crippen LogP) is 1.51. The van der Waals surface area contributed by atoms with Crippen molar-refractivity contribution in [1.29, 1.82) is 0 Å². The summed E-state index contributed by atoms with van der Waals surface area (Å²) in [6.45, 7) is 8.07. The summed E-state index contributed by atoms with van der Waals surface area (Å²) in [5, 5.41) is 0. The van der Waals surface area contributed by atoms with Gasteiger partial charge in [-0.1, -0.05) is 0 Å². The molecule has 3 heterocycles. The van der Waals surface area contributed by atoms with Gasteiger partial charge in [0.15, 0.2) is 0 Å². The lowest BCUT2D eigenvalue weighted by molar-refractivity contribution is -0.0921. The van der Waals surface area contributed by atoms with Crippen molar-refractivity contribution in [3.63, 3.8) is 0 Å². The van der Waals surface area contributed by atoms with Crippen molar-refractivity contribution in [3.05, 3.63) is 0 Å². The third-order valence-electron chi connectivity index (χ3n) is 3.04. The minimum absolute atomic E-state index is 0.399. The summed E-state index contributed by atoms with van der Waals surface area (Å²) >= 11 is 0. The Morgan fingerprint density at radius 3 is 2.33 bits per heavy atom. The third-order valence-corrected chi connectivity index (χ3v) is 3.04. The summed E-state index contributed by atoms with van der Waals surface area (Å²) in [4.78, 5) is 2.53. The fraction of sp³-hybridized carbons (Fsp3) is 1.00. The van der Waals surface area contributed by atoms with Crippen molar-refractivity contribution in [2.24, 2.45) is 5.92 Å². The molecule has 0 radical (unpaired) electrons. The highest BCUT2D eigenvalue weighted by Crippen LogP contribution is 2.29. The molecule has 3 rings (SSSR count). The summed E-state index contributed by atoms with van der Waals surface area (Å²) in [5.41, 5.74) is 0. The van der Waals surface area contributed by atoms with E-state index in [4.69, 9.17) is 4.74 Å². The van der Waals surface area contributed by atoms with Gasteiger partial charge in [-0.3, -0.25) is 0 Å². The molecule has 2 nitrogen and oxygen atoms in total. The second kappa shape index (κ2) is 3.35. The van der Waals surface area contributed by atoms with Crippen LogP contribution in [-0.4, -0.2) is 36.7 Å². The van der Waals surface area contributed by atoms with Crippen LogP contribution in [0.5, 0.6) is 0 Å². The van der Waals surface area contributed by atoms with E-state index in [0.29, 0.717) is 12.2 Å². The van der Waals surface area contributed by atoms with Crippen molar-refractivity contribution in [2.75, 3.05) is 19.6 Å². The van der Waals surface area contributed by atoms with E-state index >= 15 is 0 Å². The quantitative estimate of drug-likeness (QED) is 0.621. The van der Waals surface area contributed by atoms with Crippen LogP contribution in [0, 0.1) is 5.92 Å². The standard InChI is InChI=1S/C10H19NO/c1-8(2)12-10-7-11-5-3-9(10)4-6-11/h8-10H,3-7H2,1-2H3/t10-/m1/s1. The number of piperidine rings is 3. The molecular formula is C10H19NO. The first kappa shape index (κ1) is 8.52. The smallest absolute Gasteiger partial charge is 0.0734 e. The van der Waals surface area contributed by atoms with Crippen LogP contribution in [-0.2, 0) is 4.74 Å². The lowest BCUT2D eigenvalue weighted by atomic mass is 9.86. The first-order chi connectivity index (χ1) is 5.75. The summed E-state index contributed by atoms with van der Waals surface area (Å²) in [6.07, 6.45) is 3.65. The van der Waals surface area contributed by atoms with Gasteiger partial charge in [0.05, 0.1) is 12.2 Å². The molecular weight excluding hydrogens is 150 g/mol. The molecule has 0 aliphatic carbocycles. The van der Waals surface area contributed by atoms with E-state index in [2.05, 4.69) is 18.7 Å². The molecule has 0 aromatic carbocycles. The third kappa shape index (κ3) is 1.64. The minimum atomic E-state index is 0.399. The first-order valence-corrected chi connectivity index (χ1v) is 5.13. The van der Waals surface area contributed by atoms with Gasteiger partial charge in [0.25, 0.3) is 0 Å². The molecule has 12 heavy (non-hydrogen) atoms. The number of rotatable bonds is 2. The van der Waals surface area contributed by atoms with Gasteiger partial charge in [0.2, 0.25) is 0 Å². The molecule has 3 saturated heterocycles. The Morgan fingerprint density at radius 1 is 1.25 bits per heavy atom. The molecule has 3 aliphatic heterocycles. The van der Waals surface area contributed by atoms with Crippen molar-refractivity contribution in [2.45, 2.75) is 38.9 Å². The van der Waals surface area contributed by atoms with Crippen molar-refractivity contribution < 1.29 is 4.74 Å². The van der Waals surface area contributed by atoms with Crippen molar-refractivity contribution >= 4 is 0 Å². The normalized spacial score (nSPS) is 40.8. The maximum atomic E-state index is 5.88. The Hall–Kier alpha value is -0.0800. The Balaban J connectivity index is 1.91. The van der Waals surface area contributed by atoms with Gasteiger partial charge in [-0.15, -0.1) is 0 Å². The van der Waals surface area contributed by atoms with Crippen LogP contribution in [0.25, 0.3) is 0 Å². The zero-order chi connectivity index (χ0) is 8.55. The van der Waals surface area contributed by atoms with Crippen LogP contribution < -0.4 is 0 Å². The topological polar surface area (TPSA) is 12.5 Å². The Labute approximate surface area is 74.9 Å². The predicted molar refractivity (Wildman–Crippen MR) is 49.2 cm³/mol. The van der Waals surface area contributed by atoms with Gasteiger partial charge in [-0.25, -0.2) is 0 Å². The minimum Gasteiger partial charge on any atom is -0.374 e. The molecule has 2 heteroatoms. The molecule has 0 saturated carbocycles. The first-order valence-electron chi connectivity index (χ1n) is 5.13. The van der Waals surface area contributed by atoms with Gasteiger partial charge >= 0.3 is 0 Å². The van der Waals surface area contributed by atoms with E-state index in [0.717, 1.165) is 5.92 Å². The second-order valence-electron chi connectivity index (χ2n) is 4.36. The monoisotopic (exact) mass is 169 g/mol. The van der Waals surface area contributed by atoms with Crippen LogP contribution >= 0.6 is 0 Å². The van der Waals surface area contributed by atoms with E-state index in [9.17, 15) is 0 Å². The summed E-state index contributed by atoms with van der Waals surface area (Å²) in [5.74, 6) is 0.859. The number of fused-ring (bicyclic) bond motifs is 3. The Morgan fingerprint density at radius 2 is 1.92 bits per heavy atom. The average Bonchev–Trinajstić information content (AvgIpc) is 2.05. The molecule has 0 N–H and O–H groups in total. The van der Waals surface area contributed by atoms with Crippen LogP contribution in [0.3, 0.4) is 0 Å². The molecule has 3 fully saturated rings. The summed E-state index contributed by atoms with van der Waals surface area (Å²) < 4.78 is 5.88. The van der Waals surface area contributed by atoms with E-state index < -0.39 is 0 Å². The zero-order valence-electron chi connectivity index (χ0n) is 8.12.